The fraction of sp³-hybridized carbons (Fsp3) is 0.200. The van der Waals surface area contributed by atoms with Crippen molar-refractivity contribution < 1.29 is 18.3 Å². The molecule has 3 rings (SSSR count). The molecule has 0 aliphatic rings. The van der Waals surface area contributed by atoms with Gasteiger partial charge in [-0.25, -0.2) is 13.4 Å². The molecule has 1 unspecified atom stereocenters. The second-order valence-electron chi connectivity index (χ2n) is 6.36. The van der Waals surface area contributed by atoms with Crippen molar-refractivity contribution in [3.05, 3.63) is 66.4 Å². The Hall–Kier alpha value is -3.17. The van der Waals surface area contributed by atoms with Crippen LogP contribution in [-0.2, 0) is 9.84 Å². The standard InChI is InChI=1S/C20H22N4O4S/c1-28-16-7-3-5-14(11-16)18(25)13-22-19-9-10-21-20(24-19)23-15-6-4-8-17(12-15)29(2,26)27/h3-12,18,25H,13H2,1-2H3,(H2,21,22,23,24). The molecule has 29 heavy (non-hydrogen) atoms. The van der Waals surface area contributed by atoms with Gasteiger partial charge in [0.25, 0.3) is 0 Å². The first-order chi connectivity index (χ1) is 13.8. The zero-order chi connectivity index (χ0) is 20.9. The zero-order valence-electron chi connectivity index (χ0n) is 16.0. The molecule has 0 aliphatic carbocycles. The van der Waals surface area contributed by atoms with Crippen LogP contribution in [0.15, 0.2) is 65.7 Å². The Morgan fingerprint density at radius 3 is 2.69 bits per heavy atom. The second-order valence-corrected chi connectivity index (χ2v) is 8.38. The maximum absolute atomic E-state index is 11.7. The van der Waals surface area contributed by atoms with E-state index in [4.69, 9.17) is 4.74 Å². The normalized spacial score (nSPS) is 12.2. The summed E-state index contributed by atoms with van der Waals surface area (Å²) in [7, 11) is -1.73. The maximum atomic E-state index is 11.7. The van der Waals surface area contributed by atoms with Crippen LogP contribution in [0.1, 0.15) is 11.7 Å². The monoisotopic (exact) mass is 414 g/mol. The molecule has 0 spiro atoms. The third-order valence-corrected chi connectivity index (χ3v) is 5.24. The average molecular weight is 414 g/mol. The fourth-order valence-corrected chi connectivity index (χ4v) is 3.29. The quantitative estimate of drug-likeness (QED) is 0.516. The number of nitrogens with one attached hydrogen (secondary N) is 2. The third-order valence-electron chi connectivity index (χ3n) is 4.13. The Labute approximate surface area is 169 Å². The molecule has 0 aliphatic heterocycles. The first-order valence-electron chi connectivity index (χ1n) is 8.81. The number of rotatable bonds is 8. The number of aliphatic hydroxyl groups is 1. The highest BCUT2D eigenvalue weighted by Crippen LogP contribution is 2.21. The first-order valence-corrected chi connectivity index (χ1v) is 10.7. The maximum Gasteiger partial charge on any atom is 0.229 e. The Morgan fingerprint density at radius 2 is 1.93 bits per heavy atom. The van der Waals surface area contributed by atoms with Crippen molar-refractivity contribution in [2.75, 3.05) is 30.5 Å². The number of aliphatic hydroxyl groups excluding tert-OH is 1. The van der Waals surface area contributed by atoms with E-state index >= 15 is 0 Å². The van der Waals surface area contributed by atoms with E-state index in [-0.39, 0.29) is 11.4 Å². The van der Waals surface area contributed by atoms with Gasteiger partial charge in [-0.3, -0.25) is 0 Å². The van der Waals surface area contributed by atoms with E-state index in [0.29, 0.717) is 23.2 Å². The molecule has 1 aromatic heterocycles. The van der Waals surface area contributed by atoms with Gasteiger partial charge in [0.15, 0.2) is 9.84 Å². The van der Waals surface area contributed by atoms with Crippen molar-refractivity contribution in [3.8, 4) is 5.75 Å². The van der Waals surface area contributed by atoms with Gasteiger partial charge in [-0.15, -0.1) is 0 Å². The lowest BCUT2D eigenvalue weighted by Crippen LogP contribution is -2.13. The molecule has 0 saturated carbocycles. The molecule has 1 heterocycles. The van der Waals surface area contributed by atoms with Gasteiger partial charge in [-0.1, -0.05) is 18.2 Å². The number of ether oxygens (including phenoxy) is 1. The average Bonchev–Trinajstić information content (AvgIpc) is 2.72. The minimum Gasteiger partial charge on any atom is -0.497 e. The van der Waals surface area contributed by atoms with Gasteiger partial charge in [-0.05, 0) is 42.0 Å². The summed E-state index contributed by atoms with van der Waals surface area (Å²) in [6, 6.07) is 15.3. The van der Waals surface area contributed by atoms with Gasteiger partial charge in [0.1, 0.15) is 11.6 Å². The summed E-state index contributed by atoms with van der Waals surface area (Å²) in [6.07, 6.45) is 1.97. The molecule has 9 heteroatoms. The molecule has 0 fully saturated rings. The molecule has 2 aromatic carbocycles. The Morgan fingerprint density at radius 1 is 1.14 bits per heavy atom. The van der Waals surface area contributed by atoms with Crippen LogP contribution in [0.25, 0.3) is 0 Å². The molecule has 1 atom stereocenters. The third kappa shape index (κ3) is 5.66. The number of aromatic nitrogens is 2. The van der Waals surface area contributed by atoms with Gasteiger partial charge in [0, 0.05) is 24.7 Å². The molecule has 3 N–H and O–H groups in total. The van der Waals surface area contributed by atoms with Gasteiger partial charge >= 0.3 is 0 Å². The summed E-state index contributed by atoms with van der Waals surface area (Å²) in [5.41, 5.74) is 1.28. The number of benzene rings is 2. The van der Waals surface area contributed by atoms with E-state index in [2.05, 4.69) is 20.6 Å². The van der Waals surface area contributed by atoms with Crippen molar-refractivity contribution in [3.63, 3.8) is 0 Å². The molecule has 0 bridgehead atoms. The Kier molecular flexibility index (Phi) is 6.30. The highest BCUT2D eigenvalue weighted by Gasteiger charge is 2.10. The van der Waals surface area contributed by atoms with Crippen molar-refractivity contribution in [2.45, 2.75) is 11.0 Å². The fourth-order valence-electron chi connectivity index (χ4n) is 2.62. The predicted octanol–water partition coefficient (Wildman–Crippen LogP) is 2.78. The lowest BCUT2D eigenvalue weighted by atomic mass is 10.1. The van der Waals surface area contributed by atoms with Crippen molar-refractivity contribution in [1.29, 1.82) is 0 Å². The van der Waals surface area contributed by atoms with E-state index in [1.54, 1.807) is 37.6 Å². The summed E-state index contributed by atoms with van der Waals surface area (Å²) in [4.78, 5) is 8.69. The van der Waals surface area contributed by atoms with Crippen LogP contribution < -0.4 is 15.4 Å². The number of methoxy groups -OCH3 is 1. The van der Waals surface area contributed by atoms with Crippen LogP contribution in [-0.4, -0.2) is 43.4 Å². The predicted molar refractivity (Wildman–Crippen MR) is 111 cm³/mol. The summed E-state index contributed by atoms with van der Waals surface area (Å²) >= 11 is 0. The smallest absolute Gasteiger partial charge is 0.229 e. The number of anilines is 3. The molecule has 8 nitrogen and oxygen atoms in total. The van der Waals surface area contributed by atoms with Crippen LogP contribution >= 0.6 is 0 Å². The summed E-state index contributed by atoms with van der Waals surface area (Å²) < 4.78 is 28.6. The highest BCUT2D eigenvalue weighted by molar-refractivity contribution is 7.90. The highest BCUT2D eigenvalue weighted by atomic mass is 32.2. The molecule has 0 amide bonds. The summed E-state index contributed by atoms with van der Waals surface area (Å²) in [6.45, 7) is 0.243. The molecule has 0 saturated heterocycles. The van der Waals surface area contributed by atoms with Gasteiger partial charge < -0.3 is 20.5 Å². The van der Waals surface area contributed by atoms with Crippen molar-refractivity contribution in [1.82, 2.24) is 9.97 Å². The number of hydrogen-bond donors (Lipinski definition) is 3. The minimum atomic E-state index is -3.31. The summed E-state index contributed by atoms with van der Waals surface area (Å²) in [5, 5.41) is 16.4. The van der Waals surface area contributed by atoms with Crippen LogP contribution in [0, 0.1) is 0 Å². The SMILES string of the molecule is COc1cccc(C(O)CNc2ccnc(Nc3cccc(S(C)(=O)=O)c3)n2)c1. The molecule has 152 valence electrons. The van der Waals surface area contributed by atoms with Gasteiger partial charge in [-0.2, -0.15) is 4.98 Å². The minimum absolute atomic E-state index is 0.207. The lowest BCUT2D eigenvalue weighted by Gasteiger charge is -2.14. The second kappa shape index (κ2) is 8.89. The van der Waals surface area contributed by atoms with Crippen LogP contribution in [0.3, 0.4) is 0 Å². The zero-order valence-corrected chi connectivity index (χ0v) is 16.8. The van der Waals surface area contributed by atoms with E-state index < -0.39 is 15.9 Å². The number of hydrogen-bond acceptors (Lipinski definition) is 8. The molecule has 3 aromatic rings. The van der Waals surface area contributed by atoms with Crippen molar-refractivity contribution in [2.24, 2.45) is 0 Å². The van der Waals surface area contributed by atoms with Gasteiger partial charge in [0.2, 0.25) is 5.95 Å². The van der Waals surface area contributed by atoms with E-state index in [9.17, 15) is 13.5 Å². The largest absolute Gasteiger partial charge is 0.497 e. The van der Waals surface area contributed by atoms with Crippen LogP contribution in [0.2, 0.25) is 0 Å². The van der Waals surface area contributed by atoms with Crippen molar-refractivity contribution >= 4 is 27.3 Å². The lowest BCUT2D eigenvalue weighted by molar-refractivity contribution is 0.191. The number of sulfone groups is 1. The Balaban J connectivity index is 1.67. The van der Waals surface area contributed by atoms with Crippen LogP contribution in [0.4, 0.5) is 17.5 Å². The first kappa shape index (κ1) is 20.6. The van der Waals surface area contributed by atoms with E-state index in [0.717, 1.165) is 11.8 Å². The topological polar surface area (TPSA) is 113 Å². The van der Waals surface area contributed by atoms with E-state index in [1.165, 1.54) is 12.1 Å². The summed E-state index contributed by atoms with van der Waals surface area (Å²) in [5.74, 6) is 1.49. The number of nitrogens with zero attached hydrogens (tertiary/aromatic N) is 2. The van der Waals surface area contributed by atoms with Crippen LogP contribution in [0.5, 0.6) is 5.75 Å². The molecular formula is C20H22N4O4S. The van der Waals surface area contributed by atoms with Gasteiger partial charge in [0.05, 0.1) is 18.1 Å². The Bertz CT molecular complexity index is 1090. The molecule has 0 radical (unpaired) electrons. The van der Waals surface area contributed by atoms with E-state index in [1.807, 2.05) is 18.2 Å². The molecular weight excluding hydrogens is 392 g/mol.